The summed E-state index contributed by atoms with van der Waals surface area (Å²) in [7, 11) is -3.84. The summed E-state index contributed by atoms with van der Waals surface area (Å²) in [6.45, 7) is 4.09. The molecule has 0 unspecified atom stereocenters. The summed E-state index contributed by atoms with van der Waals surface area (Å²) in [5.74, 6) is 1.95. The Morgan fingerprint density at radius 1 is 1.06 bits per heavy atom. The molecule has 34 heavy (non-hydrogen) atoms. The predicted molar refractivity (Wildman–Crippen MR) is 128 cm³/mol. The van der Waals surface area contributed by atoms with Crippen LogP contribution in [0.3, 0.4) is 0 Å². The monoisotopic (exact) mass is 486 g/mol. The molecule has 0 bridgehead atoms. The van der Waals surface area contributed by atoms with Gasteiger partial charge in [-0.05, 0) is 48.7 Å². The average Bonchev–Trinajstić information content (AvgIpc) is 3.23. The summed E-state index contributed by atoms with van der Waals surface area (Å²) in [6, 6.07) is 8.81. The Morgan fingerprint density at radius 2 is 1.82 bits per heavy atom. The second-order valence-corrected chi connectivity index (χ2v) is 9.32. The Kier molecular flexibility index (Phi) is 6.64. The highest BCUT2D eigenvalue weighted by atomic mass is 32.2. The highest BCUT2D eigenvalue weighted by Gasteiger charge is 2.23. The molecular formula is C23H26N4O6S. The van der Waals surface area contributed by atoms with Crippen LogP contribution in [-0.2, 0) is 16.5 Å². The number of hydrogen-bond acceptors (Lipinski definition) is 10. The van der Waals surface area contributed by atoms with Crippen LogP contribution in [0.15, 0.2) is 36.5 Å². The SMILES string of the molecule is CCCS(=O)(=O)Oc1cc(Cc2cnc(N)nc2N)cc(OCC)c1-c1ccc2c(c1)OCO2. The quantitative estimate of drug-likeness (QED) is 0.432. The third-order valence-corrected chi connectivity index (χ3v) is 6.41. The van der Waals surface area contributed by atoms with Gasteiger partial charge in [0.25, 0.3) is 0 Å². The number of benzene rings is 2. The Labute approximate surface area is 198 Å². The van der Waals surface area contributed by atoms with E-state index in [4.69, 9.17) is 29.9 Å². The fraction of sp³-hybridized carbons (Fsp3) is 0.304. The smallest absolute Gasteiger partial charge is 0.309 e. The molecular weight excluding hydrogens is 460 g/mol. The van der Waals surface area contributed by atoms with Crippen molar-refractivity contribution in [3.8, 4) is 34.1 Å². The average molecular weight is 487 g/mol. The van der Waals surface area contributed by atoms with Gasteiger partial charge in [0.15, 0.2) is 17.2 Å². The molecule has 0 amide bonds. The van der Waals surface area contributed by atoms with E-state index in [1.54, 1.807) is 31.2 Å². The first-order chi connectivity index (χ1) is 16.3. The molecule has 0 radical (unpaired) electrons. The lowest BCUT2D eigenvalue weighted by molar-refractivity contribution is 0.174. The Morgan fingerprint density at radius 3 is 2.56 bits per heavy atom. The second kappa shape index (κ2) is 9.64. The molecule has 0 atom stereocenters. The maximum absolute atomic E-state index is 12.6. The third kappa shape index (κ3) is 5.09. The van der Waals surface area contributed by atoms with Crippen molar-refractivity contribution >= 4 is 21.9 Å². The van der Waals surface area contributed by atoms with Gasteiger partial charge in [0.1, 0.15) is 11.6 Å². The van der Waals surface area contributed by atoms with Gasteiger partial charge in [-0.3, -0.25) is 0 Å². The van der Waals surface area contributed by atoms with E-state index in [1.807, 2.05) is 13.0 Å². The minimum Gasteiger partial charge on any atom is -0.493 e. The molecule has 1 aliphatic rings. The van der Waals surface area contributed by atoms with Crippen LogP contribution in [0, 0.1) is 0 Å². The molecule has 10 nitrogen and oxygen atoms in total. The van der Waals surface area contributed by atoms with Crippen LogP contribution in [0.2, 0.25) is 0 Å². The largest absolute Gasteiger partial charge is 0.493 e. The molecule has 1 aromatic heterocycles. The Balaban J connectivity index is 1.85. The molecule has 2 aromatic carbocycles. The lowest BCUT2D eigenvalue weighted by atomic mass is 9.98. The van der Waals surface area contributed by atoms with Crippen LogP contribution in [0.1, 0.15) is 31.4 Å². The minimum absolute atomic E-state index is 0.0732. The standard InChI is InChI=1S/C23H26N4O6S/c1-3-7-34(28,29)33-20-10-14(8-16-12-26-23(25)27-22(16)24)9-19(30-4-2)21(20)15-5-6-17-18(11-15)32-13-31-17/h5-6,9-12H,3-4,7-8,13H2,1-2H3,(H4,24,25,26,27). The second-order valence-electron chi connectivity index (χ2n) is 7.63. The van der Waals surface area contributed by atoms with Crippen molar-refractivity contribution in [3.05, 3.63) is 47.7 Å². The lowest BCUT2D eigenvalue weighted by Crippen LogP contribution is -2.14. The molecule has 11 heteroatoms. The van der Waals surface area contributed by atoms with Gasteiger partial charge in [-0.1, -0.05) is 13.0 Å². The lowest BCUT2D eigenvalue weighted by Gasteiger charge is -2.18. The molecule has 0 saturated heterocycles. The molecule has 0 spiro atoms. The van der Waals surface area contributed by atoms with Gasteiger partial charge in [-0.25, -0.2) is 4.98 Å². The summed E-state index contributed by atoms with van der Waals surface area (Å²) in [5.41, 5.74) is 14.1. The van der Waals surface area contributed by atoms with E-state index in [-0.39, 0.29) is 30.1 Å². The van der Waals surface area contributed by atoms with Crippen LogP contribution < -0.4 is 29.9 Å². The van der Waals surface area contributed by atoms with Crippen LogP contribution in [0.25, 0.3) is 11.1 Å². The number of hydrogen-bond donors (Lipinski definition) is 2. The zero-order chi connectivity index (χ0) is 24.3. The first-order valence-electron chi connectivity index (χ1n) is 10.8. The van der Waals surface area contributed by atoms with Gasteiger partial charge in [0.2, 0.25) is 12.7 Å². The van der Waals surface area contributed by atoms with Gasteiger partial charge < -0.3 is 29.9 Å². The minimum atomic E-state index is -3.84. The van der Waals surface area contributed by atoms with Crippen LogP contribution in [0.4, 0.5) is 11.8 Å². The normalized spacial score (nSPS) is 12.5. The summed E-state index contributed by atoms with van der Waals surface area (Å²) in [6.07, 6.45) is 2.27. The van der Waals surface area contributed by atoms with E-state index >= 15 is 0 Å². The van der Waals surface area contributed by atoms with Gasteiger partial charge in [0.05, 0.1) is 17.9 Å². The number of nitrogen functional groups attached to an aromatic ring is 2. The van der Waals surface area contributed by atoms with Crippen molar-refractivity contribution in [3.63, 3.8) is 0 Å². The van der Waals surface area contributed by atoms with E-state index in [9.17, 15) is 8.42 Å². The summed E-state index contributed by atoms with van der Waals surface area (Å²) >= 11 is 0. The van der Waals surface area contributed by atoms with E-state index < -0.39 is 10.1 Å². The first kappa shape index (κ1) is 23.4. The van der Waals surface area contributed by atoms with Crippen molar-refractivity contribution < 1.29 is 26.8 Å². The zero-order valence-corrected chi connectivity index (χ0v) is 19.7. The van der Waals surface area contributed by atoms with Crippen molar-refractivity contribution in [1.29, 1.82) is 0 Å². The van der Waals surface area contributed by atoms with E-state index in [2.05, 4.69) is 9.97 Å². The van der Waals surface area contributed by atoms with E-state index in [0.717, 1.165) is 0 Å². The summed E-state index contributed by atoms with van der Waals surface area (Å²) in [5, 5.41) is 0. The molecule has 1 aliphatic heterocycles. The molecule has 3 aromatic rings. The fourth-order valence-corrected chi connectivity index (χ4v) is 4.63. The molecule has 0 aliphatic carbocycles. The molecule has 2 heterocycles. The number of ether oxygens (including phenoxy) is 3. The van der Waals surface area contributed by atoms with Crippen LogP contribution in [-0.4, -0.2) is 37.5 Å². The third-order valence-electron chi connectivity index (χ3n) is 5.07. The van der Waals surface area contributed by atoms with Crippen LogP contribution in [0.5, 0.6) is 23.0 Å². The zero-order valence-electron chi connectivity index (χ0n) is 18.9. The number of nitrogens with zero attached hydrogens (tertiary/aromatic N) is 2. The van der Waals surface area contributed by atoms with Gasteiger partial charge in [-0.2, -0.15) is 13.4 Å². The van der Waals surface area contributed by atoms with E-state index in [1.165, 1.54) is 6.20 Å². The van der Waals surface area contributed by atoms with Crippen molar-refractivity contribution in [2.24, 2.45) is 0 Å². The van der Waals surface area contributed by atoms with Crippen LogP contribution >= 0.6 is 0 Å². The Bertz CT molecular complexity index is 1310. The summed E-state index contributed by atoms with van der Waals surface area (Å²) < 4.78 is 47.7. The van der Waals surface area contributed by atoms with Crippen molar-refractivity contribution in [1.82, 2.24) is 9.97 Å². The number of anilines is 2. The molecule has 4 N–H and O–H groups in total. The van der Waals surface area contributed by atoms with E-state index in [0.29, 0.717) is 59.0 Å². The highest BCUT2D eigenvalue weighted by molar-refractivity contribution is 7.87. The van der Waals surface area contributed by atoms with Gasteiger partial charge in [-0.15, -0.1) is 0 Å². The highest BCUT2D eigenvalue weighted by Crippen LogP contribution is 2.44. The van der Waals surface area contributed by atoms with Gasteiger partial charge in [0, 0.05) is 18.2 Å². The predicted octanol–water partition coefficient (Wildman–Crippen LogP) is 3.14. The maximum Gasteiger partial charge on any atom is 0.309 e. The number of fused-ring (bicyclic) bond motifs is 1. The van der Waals surface area contributed by atoms with Gasteiger partial charge >= 0.3 is 10.1 Å². The number of rotatable bonds is 9. The number of aromatic nitrogens is 2. The topological polar surface area (TPSA) is 149 Å². The van der Waals surface area contributed by atoms with Crippen molar-refractivity contribution in [2.45, 2.75) is 26.7 Å². The number of nitrogens with two attached hydrogens (primary N) is 2. The molecule has 0 fully saturated rings. The molecule has 180 valence electrons. The maximum atomic E-state index is 12.6. The first-order valence-corrected chi connectivity index (χ1v) is 12.4. The Hall–Kier alpha value is -3.73. The summed E-state index contributed by atoms with van der Waals surface area (Å²) in [4.78, 5) is 8.00. The fourth-order valence-electron chi connectivity index (χ4n) is 3.64. The van der Waals surface area contributed by atoms with Crippen molar-refractivity contribution in [2.75, 3.05) is 30.6 Å². The molecule has 4 rings (SSSR count). The molecule has 0 saturated carbocycles.